The Morgan fingerprint density at radius 1 is 0.780 bits per heavy atom. The van der Waals surface area contributed by atoms with Crippen molar-refractivity contribution in [2.75, 3.05) is 0 Å². The fourth-order valence-electron chi connectivity index (χ4n) is 2.22. The van der Waals surface area contributed by atoms with Crippen LogP contribution in [-0.2, 0) is 19.1 Å². The molecule has 0 saturated carbocycles. The maximum absolute atomic E-state index is 11.2. The van der Waals surface area contributed by atoms with Crippen LogP contribution in [0, 0.1) is 5.41 Å². The minimum absolute atomic E-state index is 0.0106. The summed E-state index contributed by atoms with van der Waals surface area (Å²) in [4.78, 5) is 48.4. The molecule has 2 rings (SSSR count). The summed E-state index contributed by atoms with van der Waals surface area (Å²) in [5, 5.41) is 8.94. The molecule has 0 spiro atoms. The van der Waals surface area contributed by atoms with Crippen molar-refractivity contribution in [1.82, 2.24) is 0 Å². The van der Waals surface area contributed by atoms with Gasteiger partial charge in [0.1, 0.15) is 39.6 Å². The zero-order valence-electron chi connectivity index (χ0n) is 25.1. The number of esters is 1. The van der Waals surface area contributed by atoms with Gasteiger partial charge in [-0.1, -0.05) is 68.6 Å². The first-order chi connectivity index (χ1) is 18.4. The molecule has 0 saturated heterocycles. The Kier molecular flexibility index (Phi) is 17.5. The maximum Gasteiger partial charge on any atom is 0.373 e. The standard InChI is InChI=1S/C14H19BrO2.C8H15BrO2.C7H5BrO2.CO2/c1-13(2,3)14(4,5)17-12-7-10(9-16)6-11(15)8-12;1-7(2,3)11-6(10)8(4,5)9;8-6-1-5(4-9)2-7(10)3-6;2-1-3/h6-9H,1-5H3;1-5H3;1-4,10H;. The molecule has 2 aromatic carbocycles. The SMILES string of the molecule is CC(C)(C)C(C)(C)Oc1cc(Br)cc(C=O)c1.CC(C)(C)OC(=O)C(C)(C)Br.O=C=O.O=Cc1cc(O)cc(Br)c1. The molecular formula is C30H39Br3O8. The average molecular weight is 767 g/mol. The molecule has 11 heteroatoms. The van der Waals surface area contributed by atoms with E-state index in [1.54, 1.807) is 32.0 Å². The Hall–Kier alpha value is -2.33. The molecular weight excluding hydrogens is 728 g/mol. The normalized spacial score (nSPS) is 11.0. The van der Waals surface area contributed by atoms with Crippen LogP contribution in [-0.4, -0.2) is 45.3 Å². The van der Waals surface area contributed by atoms with Crippen molar-refractivity contribution >= 4 is 72.5 Å². The maximum atomic E-state index is 11.2. The van der Waals surface area contributed by atoms with Crippen LogP contribution in [0.15, 0.2) is 45.3 Å². The van der Waals surface area contributed by atoms with Crippen LogP contribution in [0.5, 0.6) is 11.5 Å². The number of ether oxygens (including phenoxy) is 2. The zero-order valence-corrected chi connectivity index (χ0v) is 29.8. The van der Waals surface area contributed by atoms with Gasteiger partial charge in [0.05, 0.1) is 0 Å². The van der Waals surface area contributed by atoms with Crippen molar-refractivity contribution in [2.24, 2.45) is 5.41 Å². The Balaban J connectivity index is 0. The Morgan fingerprint density at radius 2 is 1.20 bits per heavy atom. The number of carbonyl (C=O) groups excluding carboxylic acids is 5. The van der Waals surface area contributed by atoms with Crippen LogP contribution >= 0.6 is 47.8 Å². The van der Waals surface area contributed by atoms with E-state index in [9.17, 15) is 14.4 Å². The number of hydrogen-bond acceptors (Lipinski definition) is 8. The number of hydrogen-bond donors (Lipinski definition) is 1. The number of alkyl halides is 1. The highest BCUT2D eigenvalue weighted by Gasteiger charge is 2.35. The van der Waals surface area contributed by atoms with E-state index in [4.69, 9.17) is 24.2 Å². The van der Waals surface area contributed by atoms with Gasteiger partial charge in [0.2, 0.25) is 0 Å². The highest BCUT2D eigenvalue weighted by molar-refractivity contribution is 9.11. The van der Waals surface area contributed by atoms with Crippen molar-refractivity contribution in [3.05, 3.63) is 56.5 Å². The van der Waals surface area contributed by atoms with Gasteiger partial charge in [0.15, 0.2) is 0 Å². The molecule has 2 aromatic rings. The van der Waals surface area contributed by atoms with E-state index in [0.29, 0.717) is 27.6 Å². The van der Waals surface area contributed by atoms with Gasteiger partial charge in [-0.3, -0.25) is 14.4 Å². The van der Waals surface area contributed by atoms with Crippen molar-refractivity contribution in [2.45, 2.75) is 84.8 Å². The van der Waals surface area contributed by atoms with Crippen LogP contribution in [0.3, 0.4) is 0 Å². The molecule has 0 amide bonds. The number of halogens is 3. The van der Waals surface area contributed by atoms with E-state index < -0.39 is 9.93 Å². The van der Waals surface area contributed by atoms with Gasteiger partial charge >= 0.3 is 12.1 Å². The minimum atomic E-state index is -0.583. The first-order valence-electron chi connectivity index (χ1n) is 12.2. The number of carbonyl (C=O) groups is 3. The second-order valence-corrected chi connectivity index (χ2v) is 15.4. The van der Waals surface area contributed by atoms with Gasteiger partial charge in [-0.25, -0.2) is 0 Å². The van der Waals surface area contributed by atoms with E-state index in [1.165, 1.54) is 12.1 Å². The van der Waals surface area contributed by atoms with Crippen LogP contribution in [0.25, 0.3) is 0 Å². The summed E-state index contributed by atoms with van der Waals surface area (Å²) >= 11 is 9.73. The predicted molar refractivity (Wildman–Crippen MR) is 169 cm³/mol. The number of aldehydes is 2. The van der Waals surface area contributed by atoms with Gasteiger partial charge in [-0.15, -0.1) is 0 Å². The van der Waals surface area contributed by atoms with Gasteiger partial charge < -0.3 is 14.6 Å². The second-order valence-electron chi connectivity index (χ2n) is 11.6. The van der Waals surface area contributed by atoms with Crippen molar-refractivity contribution in [1.29, 1.82) is 0 Å². The van der Waals surface area contributed by atoms with Crippen LogP contribution in [0.1, 0.15) is 90.0 Å². The van der Waals surface area contributed by atoms with E-state index in [0.717, 1.165) is 10.8 Å². The molecule has 0 aliphatic heterocycles. The van der Waals surface area contributed by atoms with Crippen molar-refractivity contribution < 1.29 is 38.6 Å². The van der Waals surface area contributed by atoms with E-state index in [-0.39, 0.29) is 28.9 Å². The average Bonchev–Trinajstić information content (AvgIpc) is 2.76. The third-order valence-electron chi connectivity index (χ3n) is 5.13. The molecule has 0 radical (unpaired) electrons. The molecule has 0 aliphatic carbocycles. The Labute approximate surface area is 268 Å². The number of phenolic OH excluding ortho intramolecular Hbond substituents is 1. The molecule has 0 unspecified atom stereocenters. The number of phenols is 1. The monoisotopic (exact) mass is 764 g/mol. The third kappa shape index (κ3) is 18.7. The molecule has 0 aliphatic rings. The number of rotatable bonds is 5. The summed E-state index contributed by atoms with van der Waals surface area (Å²) in [7, 11) is 0. The summed E-state index contributed by atoms with van der Waals surface area (Å²) < 4.78 is 12.1. The van der Waals surface area contributed by atoms with Gasteiger partial charge in [-0.2, -0.15) is 9.59 Å². The minimum Gasteiger partial charge on any atom is -0.508 e. The second kappa shape index (κ2) is 17.6. The lowest BCUT2D eigenvalue weighted by Gasteiger charge is -2.39. The summed E-state index contributed by atoms with van der Waals surface area (Å²) in [6, 6.07) is 9.95. The van der Waals surface area contributed by atoms with Gasteiger partial charge in [0, 0.05) is 25.5 Å². The lowest BCUT2D eigenvalue weighted by Crippen LogP contribution is -2.42. The fraction of sp³-hybridized carbons (Fsp3) is 0.467. The first kappa shape index (κ1) is 40.8. The number of benzene rings is 2. The molecule has 0 heterocycles. The lowest BCUT2D eigenvalue weighted by molar-refractivity contribution is -0.191. The largest absolute Gasteiger partial charge is 0.508 e. The molecule has 0 atom stereocenters. The van der Waals surface area contributed by atoms with E-state index in [2.05, 4.69) is 82.4 Å². The van der Waals surface area contributed by atoms with Crippen LogP contribution < -0.4 is 4.74 Å². The summed E-state index contributed by atoms with van der Waals surface area (Å²) in [5.41, 5.74) is 0.373. The molecule has 8 nitrogen and oxygen atoms in total. The smallest absolute Gasteiger partial charge is 0.373 e. The molecule has 0 aromatic heterocycles. The zero-order chi connectivity index (χ0) is 32.8. The molecule has 41 heavy (non-hydrogen) atoms. The Morgan fingerprint density at radius 3 is 1.51 bits per heavy atom. The van der Waals surface area contributed by atoms with Crippen molar-refractivity contribution in [3.63, 3.8) is 0 Å². The molecule has 0 fully saturated rings. The molecule has 228 valence electrons. The summed E-state index contributed by atoms with van der Waals surface area (Å²) in [6.07, 6.45) is 1.76. The quantitative estimate of drug-likeness (QED) is 0.183. The molecule has 0 bridgehead atoms. The Bertz CT molecular complexity index is 1160. The lowest BCUT2D eigenvalue weighted by atomic mass is 9.79. The van der Waals surface area contributed by atoms with Crippen molar-refractivity contribution in [3.8, 4) is 11.5 Å². The topological polar surface area (TPSA) is 124 Å². The predicted octanol–water partition coefficient (Wildman–Crippen LogP) is 8.35. The van der Waals surface area contributed by atoms with Crippen LogP contribution in [0.2, 0.25) is 0 Å². The summed E-state index contributed by atoms with van der Waals surface area (Å²) in [6.45, 7) is 19.6. The number of aromatic hydroxyl groups is 1. The van der Waals surface area contributed by atoms with Gasteiger partial charge in [0.25, 0.3) is 0 Å². The first-order valence-corrected chi connectivity index (χ1v) is 14.6. The highest BCUT2D eigenvalue weighted by Crippen LogP contribution is 2.35. The highest BCUT2D eigenvalue weighted by atomic mass is 79.9. The third-order valence-corrected chi connectivity index (χ3v) is 6.37. The van der Waals surface area contributed by atoms with Crippen LogP contribution in [0.4, 0.5) is 0 Å². The molecule has 1 N–H and O–H groups in total. The van der Waals surface area contributed by atoms with E-state index in [1.807, 2.05) is 26.8 Å². The van der Waals surface area contributed by atoms with E-state index >= 15 is 0 Å². The fourth-order valence-corrected chi connectivity index (χ4v) is 3.29. The summed E-state index contributed by atoms with van der Waals surface area (Å²) in [5.74, 6) is 0.572. The van der Waals surface area contributed by atoms with Gasteiger partial charge in [-0.05, 0) is 84.9 Å².